The lowest BCUT2D eigenvalue weighted by atomic mass is 10.0. The van der Waals surface area contributed by atoms with Crippen LogP contribution in [0, 0.1) is 5.82 Å². The number of nitrogen functional groups attached to an aromatic ring is 1. The van der Waals surface area contributed by atoms with Crippen molar-refractivity contribution < 1.29 is 17.6 Å². The largest absolute Gasteiger partial charge is 0.416 e. The Kier molecular flexibility index (Phi) is 2.76. The van der Waals surface area contributed by atoms with Crippen LogP contribution in [0.3, 0.4) is 0 Å². The molecule has 0 spiro atoms. The minimum atomic E-state index is -4.60. The second kappa shape index (κ2) is 4.01. The van der Waals surface area contributed by atoms with Gasteiger partial charge in [0.05, 0.1) is 11.8 Å². The molecule has 2 rings (SSSR count). The van der Waals surface area contributed by atoms with Crippen LogP contribution < -0.4 is 5.73 Å². The first kappa shape index (κ1) is 12.4. The number of aromatic nitrogens is 2. The number of rotatable bonds is 1. The van der Waals surface area contributed by atoms with Gasteiger partial charge >= 0.3 is 6.18 Å². The van der Waals surface area contributed by atoms with Crippen molar-refractivity contribution in [3.05, 3.63) is 35.8 Å². The van der Waals surface area contributed by atoms with Crippen LogP contribution in [-0.4, -0.2) is 9.78 Å². The molecule has 96 valence electrons. The second-order valence-electron chi connectivity index (χ2n) is 3.79. The Hall–Kier alpha value is -2.05. The lowest BCUT2D eigenvalue weighted by Crippen LogP contribution is -2.06. The van der Waals surface area contributed by atoms with Gasteiger partial charge in [-0.3, -0.25) is 4.68 Å². The number of alkyl halides is 3. The van der Waals surface area contributed by atoms with Crippen molar-refractivity contribution in [3.63, 3.8) is 0 Å². The van der Waals surface area contributed by atoms with E-state index in [1.54, 1.807) is 7.05 Å². The molecule has 0 unspecified atom stereocenters. The van der Waals surface area contributed by atoms with Gasteiger partial charge in [0, 0.05) is 12.6 Å². The lowest BCUT2D eigenvalue weighted by molar-refractivity contribution is -0.137. The first-order valence-corrected chi connectivity index (χ1v) is 4.94. The normalized spacial score (nSPS) is 11.8. The molecule has 0 aliphatic rings. The van der Waals surface area contributed by atoms with Crippen LogP contribution in [0.5, 0.6) is 0 Å². The molecular weight excluding hydrogens is 250 g/mol. The fourth-order valence-corrected chi connectivity index (χ4v) is 1.58. The number of hydrogen-bond acceptors (Lipinski definition) is 2. The highest BCUT2D eigenvalue weighted by molar-refractivity contribution is 5.74. The Labute approximate surface area is 99.8 Å². The Morgan fingerprint density at radius 2 is 1.89 bits per heavy atom. The number of nitrogens with two attached hydrogens (primary N) is 1. The third-order valence-corrected chi connectivity index (χ3v) is 2.52. The molecule has 0 amide bonds. The summed E-state index contributed by atoms with van der Waals surface area (Å²) in [7, 11) is 1.54. The Balaban J connectivity index is 2.59. The molecule has 0 saturated carbocycles. The monoisotopic (exact) mass is 259 g/mol. The zero-order valence-electron chi connectivity index (χ0n) is 9.29. The summed E-state index contributed by atoms with van der Waals surface area (Å²) < 4.78 is 52.2. The molecular formula is C11H9F4N3. The molecule has 2 aromatic rings. The summed E-state index contributed by atoms with van der Waals surface area (Å²) in [4.78, 5) is 0. The number of hydrogen-bond donors (Lipinski definition) is 1. The van der Waals surface area contributed by atoms with Crippen LogP contribution >= 0.6 is 0 Å². The average molecular weight is 259 g/mol. The summed E-state index contributed by atoms with van der Waals surface area (Å²) >= 11 is 0. The molecule has 1 aromatic carbocycles. The standard InChI is InChI=1S/C11H9F4N3/c1-18-10(16)9(5-17-18)6-2-7(11(13,14)15)4-8(12)3-6/h2-5H,16H2,1H3. The summed E-state index contributed by atoms with van der Waals surface area (Å²) in [5.41, 5.74) is 4.90. The third-order valence-electron chi connectivity index (χ3n) is 2.52. The first-order chi connectivity index (χ1) is 8.29. The molecule has 7 heteroatoms. The Morgan fingerprint density at radius 3 is 2.39 bits per heavy atom. The fraction of sp³-hybridized carbons (Fsp3) is 0.182. The zero-order chi connectivity index (χ0) is 13.5. The van der Waals surface area contributed by atoms with E-state index in [1.165, 1.54) is 10.9 Å². The van der Waals surface area contributed by atoms with Gasteiger partial charge in [-0.05, 0) is 23.8 Å². The number of anilines is 1. The van der Waals surface area contributed by atoms with E-state index in [0.717, 1.165) is 12.1 Å². The summed E-state index contributed by atoms with van der Waals surface area (Å²) in [5.74, 6) is -0.795. The van der Waals surface area contributed by atoms with Gasteiger partial charge in [-0.25, -0.2) is 4.39 Å². The number of nitrogens with zero attached hydrogens (tertiary/aromatic N) is 2. The van der Waals surface area contributed by atoms with Crippen LogP contribution in [0.1, 0.15) is 5.56 Å². The van der Waals surface area contributed by atoms with Crippen molar-refractivity contribution in [2.45, 2.75) is 6.18 Å². The smallest absolute Gasteiger partial charge is 0.383 e. The van der Waals surface area contributed by atoms with Crippen molar-refractivity contribution in [3.8, 4) is 11.1 Å². The van der Waals surface area contributed by atoms with Crippen LogP contribution in [0.15, 0.2) is 24.4 Å². The number of halogens is 4. The van der Waals surface area contributed by atoms with E-state index in [9.17, 15) is 17.6 Å². The van der Waals surface area contributed by atoms with Crippen LogP contribution in [0.4, 0.5) is 23.4 Å². The molecule has 0 radical (unpaired) electrons. The molecule has 1 aromatic heterocycles. The number of benzene rings is 1. The fourth-order valence-electron chi connectivity index (χ4n) is 1.58. The molecule has 0 bridgehead atoms. The predicted molar refractivity (Wildman–Crippen MR) is 58.0 cm³/mol. The van der Waals surface area contributed by atoms with Gasteiger partial charge in [0.2, 0.25) is 0 Å². The molecule has 0 aliphatic heterocycles. The van der Waals surface area contributed by atoms with Crippen molar-refractivity contribution >= 4 is 5.82 Å². The SMILES string of the molecule is Cn1ncc(-c2cc(F)cc(C(F)(F)F)c2)c1N. The maximum atomic E-state index is 13.2. The molecule has 0 aliphatic carbocycles. The topological polar surface area (TPSA) is 43.8 Å². The van der Waals surface area contributed by atoms with Gasteiger partial charge in [-0.1, -0.05) is 0 Å². The minimum Gasteiger partial charge on any atom is -0.383 e. The first-order valence-electron chi connectivity index (χ1n) is 4.94. The highest BCUT2D eigenvalue weighted by atomic mass is 19.4. The van der Waals surface area contributed by atoms with Gasteiger partial charge in [0.15, 0.2) is 0 Å². The van der Waals surface area contributed by atoms with E-state index in [-0.39, 0.29) is 16.9 Å². The molecule has 3 nitrogen and oxygen atoms in total. The highest BCUT2D eigenvalue weighted by Crippen LogP contribution is 2.34. The molecule has 18 heavy (non-hydrogen) atoms. The summed E-state index contributed by atoms with van der Waals surface area (Å²) in [6, 6.07) is 2.27. The van der Waals surface area contributed by atoms with Gasteiger partial charge in [-0.2, -0.15) is 18.3 Å². The van der Waals surface area contributed by atoms with E-state index >= 15 is 0 Å². The summed E-state index contributed by atoms with van der Waals surface area (Å²) in [5, 5.41) is 3.80. The van der Waals surface area contributed by atoms with Crippen molar-refractivity contribution in [2.75, 3.05) is 5.73 Å². The number of aryl methyl sites for hydroxylation is 1. The maximum Gasteiger partial charge on any atom is 0.416 e. The summed E-state index contributed by atoms with van der Waals surface area (Å²) in [6.45, 7) is 0. The van der Waals surface area contributed by atoms with Crippen LogP contribution in [-0.2, 0) is 13.2 Å². The zero-order valence-corrected chi connectivity index (χ0v) is 9.29. The van der Waals surface area contributed by atoms with Crippen LogP contribution in [0.25, 0.3) is 11.1 Å². The predicted octanol–water partition coefficient (Wildman–Crippen LogP) is 2.83. The summed E-state index contributed by atoms with van der Waals surface area (Å²) in [6.07, 6.45) is -3.31. The van der Waals surface area contributed by atoms with Crippen molar-refractivity contribution in [2.24, 2.45) is 7.05 Å². The van der Waals surface area contributed by atoms with Gasteiger partial charge in [0.25, 0.3) is 0 Å². The minimum absolute atomic E-state index is 0.0490. The third kappa shape index (κ3) is 2.15. The van der Waals surface area contributed by atoms with E-state index in [0.29, 0.717) is 6.07 Å². The van der Waals surface area contributed by atoms with Crippen molar-refractivity contribution in [1.82, 2.24) is 9.78 Å². The van der Waals surface area contributed by atoms with E-state index in [2.05, 4.69) is 5.10 Å². The molecule has 0 saturated heterocycles. The van der Waals surface area contributed by atoms with E-state index < -0.39 is 17.6 Å². The second-order valence-corrected chi connectivity index (χ2v) is 3.79. The molecule has 0 atom stereocenters. The van der Waals surface area contributed by atoms with E-state index in [1.807, 2.05) is 0 Å². The van der Waals surface area contributed by atoms with Crippen molar-refractivity contribution in [1.29, 1.82) is 0 Å². The molecule has 1 heterocycles. The molecule has 2 N–H and O–H groups in total. The quantitative estimate of drug-likeness (QED) is 0.800. The highest BCUT2D eigenvalue weighted by Gasteiger charge is 2.31. The Morgan fingerprint density at radius 1 is 1.22 bits per heavy atom. The average Bonchev–Trinajstić information content (AvgIpc) is 2.58. The van der Waals surface area contributed by atoms with Crippen LogP contribution in [0.2, 0.25) is 0 Å². The van der Waals surface area contributed by atoms with Gasteiger partial charge in [-0.15, -0.1) is 0 Å². The van der Waals surface area contributed by atoms with E-state index in [4.69, 9.17) is 5.73 Å². The molecule has 0 fully saturated rings. The Bertz CT molecular complexity index is 586. The van der Waals surface area contributed by atoms with Gasteiger partial charge < -0.3 is 5.73 Å². The van der Waals surface area contributed by atoms with Gasteiger partial charge in [0.1, 0.15) is 11.6 Å². The maximum absolute atomic E-state index is 13.2. The lowest BCUT2D eigenvalue weighted by Gasteiger charge is -2.09.